The van der Waals surface area contributed by atoms with Gasteiger partial charge in [0, 0.05) is 36.1 Å². The monoisotopic (exact) mass is 412 g/mol. The van der Waals surface area contributed by atoms with Crippen molar-refractivity contribution >= 4 is 22.4 Å². The minimum Gasteiger partial charge on any atom is -0.493 e. The Morgan fingerprint density at radius 3 is 2.73 bits per heavy atom. The first-order chi connectivity index (χ1) is 14.7. The number of fused-ring (bicyclic) bond motifs is 3. The first kappa shape index (κ1) is 21.0. The van der Waals surface area contributed by atoms with Crippen LogP contribution in [0.5, 0.6) is 11.5 Å². The summed E-state index contributed by atoms with van der Waals surface area (Å²) < 4.78 is 11.8. The first-order valence-corrected chi connectivity index (χ1v) is 11.6. The van der Waals surface area contributed by atoms with Crippen molar-refractivity contribution in [2.24, 2.45) is 0 Å². The van der Waals surface area contributed by atoms with Crippen LogP contribution in [0, 0.1) is 0 Å². The highest BCUT2D eigenvalue weighted by molar-refractivity contribution is 5.97. The van der Waals surface area contributed by atoms with Crippen molar-refractivity contribution in [3.8, 4) is 11.5 Å². The Hall–Kier alpha value is -2.21. The number of benzene rings is 1. The summed E-state index contributed by atoms with van der Waals surface area (Å²) in [5.41, 5.74) is 3.43. The molecule has 0 aliphatic carbocycles. The van der Waals surface area contributed by atoms with Crippen LogP contribution >= 0.6 is 0 Å². The van der Waals surface area contributed by atoms with E-state index < -0.39 is 0 Å². The Kier molecular flexibility index (Phi) is 6.82. The molecule has 0 amide bonds. The molecule has 6 nitrogen and oxygen atoms in total. The largest absolute Gasteiger partial charge is 0.493 e. The number of likely N-dealkylation sites (tertiary alicyclic amines) is 1. The topological polar surface area (TPSA) is 58.6 Å². The van der Waals surface area contributed by atoms with Gasteiger partial charge in [-0.2, -0.15) is 0 Å². The summed E-state index contributed by atoms with van der Waals surface area (Å²) in [5, 5.41) is 8.32. The highest BCUT2D eigenvalue weighted by Crippen LogP contribution is 2.40. The Balaban J connectivity index is 1.61. The van der Waals surface area contributed by atoms with E-state index >= 15 is 0 Å². The van der Waals surface area contributed by atoms with Crippen molar-refractivity contribution in [2.75, 3.05) is 50.5 Å². The van der Waals surface area contributed by atoms with Gasteiger partial charge in [0.05, 0.1) is 24.9 Å². The molecule has 1 saturated heterocycles. The quantitative estimate of drug-likeness (QED) is 0.614. The number of rotatable bonds is 8. The number of methoxy groups -OCH3 is 1. The van der Waals surface area contributed by atoms with Crippen LogP contribution in [0.3, 0.4) is 0 Å². The summed E-state index contributed by atoms with van der Waals surface area (Å²) in [4.78, 5) is 7.52. The third-order valence-corrected chi connectivity index (χ3v) is 6.03. The van der Waals surface area contributed by atoms with Gasteiger partial charge in [-0.1, -0.05) is 0 Å². The number of nitrogens with one attached hydrogen (secondary N) is 2. The lowest BCUT2D eigenvalue weighted by molar-refractivity contribution is 0.254. The molecule has 6 heteroatoms. The van der Waals surface area contributed by atoms with Gasteiger partial charge in [0.1, 0.15) is 5.82 Å². The summed E-state index contributed by atoms with van der Waals surface area (Å²) in [6.45, 7) is 9.56. The maximum Gasteiger partial charge on any atom is 0.163 e. The molecule has 1 fully saturated rings. The van der Waals surface area contributed by atoms with Crippen LogP contribution in [0.4, 0.5) is 11.5 Å². The van der Waals surface area contributed by atoms with Crippen LogP contribution in [-0.2, 0) is 6.42 Å². The maximum atomic E-state index is 6.15. The van der Waals surface area contributed by atoms with Crippen molar-refractivity contribution in [3.05, 3.63) is 17.7 Å². The molecule has 0 spiro atoms. The fourth-order valence-electron chi connectivity index (χ4n) is 4.54. The molecule has 4 rings (SSSR count). The number of hydrogen-bond acceptors (Lipinski definition) is 6. The molecule has 0 unspecified atom stereocenters. The maximum absolute atomic E-state index is 6.15. The number of pyridine rings is 1. The van der Waals surface area contributed by atoms with Gasteiger partial charge in [0.15, 0.2) is 11.5 Å². The number of anilines is 2. The van der Waals surface area contributed by atoms with Crippen LogP contribution in [0.25, 0.3) is 10.9 Å². The van der Waals surface area contributed by atoms with Crippen molar-refractivity contribution in [2.45, 2.75) is 58.4 Å². The van der Waals surface area contributed by atoms with E-state index in [4.69, 9.17) is 14.5 Å². The zero-order chi connectivity index (χ0) is 20.9. The standard InChI is InChI=1S/C24H36N4O2/c1-17(2)26-24-18-9-4-5-10-25-23(18)19-15-21(29-3)22(16-20(19)27-24)30-14-8-13-28-11-6-7-12-28/h15-17,25H,4-14H2,1-3H3,(H,26,27). The molecule has 0 saturated carbocycles. The smallest absolute Gasteiger partial charge is 0.163 e. The lowest BCUT2D eigenvalue weighted by Gasteiger charge is -2.20. The molecule has 2 N–H and O–H groups in total. The third-order valence-electron chi connectivity index (χ3n) is 6.03. The van der Waals surface area contributed by atoms with E-state index in [2.05, 4.69) is 35.4 Å². The molecule has 2 aliphatic rings. The molecule has 164 valence electrons. The van der Waals surface area contributed by atoms with Crippen LogP contribution in [-0.4, -0.2) is 55.8 Å². The van der Waals surface area contributed by atoms with Crippen molar-refractivity contribution < 1.29 is 9.47 Å². The summed E-state index contributed by atoms with van der Waals surface area (Å²) in [6, 6.07) is 4.47. The second kappa shape index (κ2) is 9.73. The van der Waals surface area contributed by atoms with Gasteiger partial charge in [-0.05, 0) is 71.5 Å². The molecule has 1 aromatic heterocycles. The number of ether oxygens (including phenoxy) is 2. The molecule has 2 aliphatic heterocycles. The van der Waals surface area contributed by atoms with Gasteiger partial charge in [0.2, 0.25) is 0 Å². The van der Waals surface area contributed by atoms with Crippen LogP contribution in [0.1, 0.15) is 51.5 Å². The highest BCUT2D eigenvalue weighted by atomic mass is 16.5. The molecule has 0 radical (unpaired) electrons. The second-order valence-corrected chi connectivity index (χ2v) is 8.77. The van der Waals surface area contributed by atoms with Crippen LogP contribution in [0.2, 0.25) is 0 Å². The molecular formula is C24H36N4O2. The van der Waals surface area contributed by atoms with Crippen molar-refractivity contribution in [1.82, 2.24) is 9.88 Å². The Morgan fingerprint density at radius 1 is 1.13 bits per heavy atom. The summed E-state index contributed by atoms with van der Waals surface area (Å²) in [6.07, 6.45) is 7.08. The van der Waals surface area contributed by atoms with E-state index in [0.717, 1.165) is 54.2 Å². The average molecular weight is 413 g/mol. The van der Waals surface area contributed by atoms with E-state index in [-0.39, 0.29) is 0 Å². The van der Waals surface area contributed by atoms with Crippen molar-refractivity contribution in [1.29, 1.82) is 0 Å². The second-order valence-electron chi connectivity index (χ2n) is 8.77. The molecule has 2 aromatic rings. The van der Waals surface area contributed by atoms with Gasteiger partial charge in [-0.25, -0.2) is 4.98 Å². The molecule has 1 aromatic carbocycles. The van der Waals surface area contributed by atoms with Crippen LogP contribution < -0.4 is 20.1 Å². The Labute approximate surface area is 180 Å². The van der Waals surface area contributed by atoms with E-state index in [1.165, 1.54) is 50.0 Å². The minimum atomic E-state index is 0.335. The SMILES string of the molecule is COc1cc2c3c(c(NC(C)C)nc2cc1OCCCN1CCCC1)CCCCN3. The van der Waals surface area contributed by atoms with Gasteiger partial charge < -0.3 is 25.0 Å². The summed E-state index contributed by atoms with van der Waals surface area (Å²) in [5.74, 6) is 2.55. The van der Waals surface area contributed by atoms with E-state index in [1.54, 1.807) is 7.11 Å². The first-order valence-electron chi connectivity index (χ1n) is 11.6. The normalized spacial score (nSPS) is 16.9. The van der Waals surface area contributed by atoms with E-state index in [0.29, 0.717) is 12.6 Å². The highest BCUT2D eigenvalue weighted by Gasteiger charge is 2.20. The minimum absolute atomic E-state index is 0.335. The fraction of sp³-hybridized carbons (Fsp3) is 0.625. The zero-order valence-corrected chi connectivity index (χ0v) is 18.7. The molecule has 0 atom stereocenters. The number of hydrogen-bond donors (Lipinski definition) is 2. The van der Waals surface area contributed by atoms with E-state index in [9.17, 15) is 0 Å². The van der Waals surface area contributed by atoms with E-state index in [1.807, 2.05) is 6.07 Å². The zero-order valence-electron chi connectivity index (χ0n) is 18.7. The molecule has 0 bridgehead atoms. The fourth-order valence-corrected chi connectivity index (χ4v) is 4.54. The molecule has 3 heterocycles. The van der Waals surface area contributed by atoms with Crippen LogP contribution in [0.15, 0.2) is 12.1 Å². The van der Waals surface area contributed by atoms with Gasteiger partial charge in [0.25, 0.3) is 0 Å². The summed E-state index contributed by atoms with van der Waals surface area (Å²) >= 11 is 0. The average Bonchev–Trinajstić information content (AvgIpc) is 3.12. The van der Waals surface area contributed by atoms with Crippen molar-refractivity contribution in [3.63, 3.8) is 0 Å². The predicted octanol–water partition coefficient (Wildman–Crippen LogP) is 4.68. The predicted molar refractivity (Wildman–Crippen MR) is 124 cm³/mol. The number of aromatic nitrogens is 1. The number of nitrogens with zero attached hydrogens (tertiary/aromatic N) is 2. The lowest BCUT2D eigenvalue weighted by Crippen LogP contribution is -2.21. The Morgan fingerprint density at radius 2 is 1.97 bits per heavy atom. The molecule has 30 heavy (non-hydrogen) atoms. The van der Waals surface area contributed by atoms with Gasteiger partial charge >= 0.3 is 0 Å². The lowest BCUT2D eigenvalue weighted by atomic mass is 10.0. The third kappa shape index (κ3) is 4.75. The van der Waals surface area contributed by atoms with Gasteiger partial charge in [-0.15, -0.1) is 0 Å². The van der Waals surface area contributed by atoms with Gasteiger partial charge in [-0.3, -0.25) is 0 Å². The molecular weight excluding hydrogens is 376 g/mol. The summed E-state index contributed by atoms with van der Waals surface area (Å²) in [7, 11) is 1.71. The Bertz CT molecular complexity index is 862.